The standard InChI is InChI=1S/C20H20N4O3/c1-3-17-18(13(2)27-24-17)19(25)21-15-9-11-16(12-10-15)23-20(26)22-14-7-5-4-6-8-14/h4-12H,3H2,1-2H3,(H,21,25)(H2,22,23,26). The Kier molecular flexibility index (Phi) is 5.51. The fourth-order valence-electron chi connectivity index (χ4n) is 2.60. The van der Waals surface area contributed by atoms with Crippen LogP contribution in [0.2, 0.25) is 0 Å². The van der Waals surface area contributed by atoms with E-state index in [0.717, 1.165) is 0 Å². The van der Waals surface area contributed by atoms with Gasteiger partial charge in [-0.2, -0.15) is 0 Å². The van der Waals surface area contributed by atoms with Crippen molar-refractivity contribution in [2.75, 3.05) is 16.0 Å². The molecule has 0 aliphatic rings. The highest BCUT2D eigenvalue weighted by Crippen LogP contribution is 2.18. The molecule has 138 valence electrons. The quantitative estimate of drug-likeness (QED) is 0.623. The first kappa shape index (κ1) is 18.2. The SMILES string of the molecule is CCc1noc(C)c1C(=O)Nc1ccc(NC(=O)Nc2ccccc2)cc1. The van der Waals surface area contributed by atoms with Crippen molar-refractivity contribution >= 4 is 29.0 Å². The zero-order valence-electron chi connectivity index (χ0n) is 15.1. The Morgan fingerprint density at radius 2 is 1.44 bits per heavy atom. The molecule has 0 aliphatic carbocycles. The molecule has 0 saturated heterocycles. The van der Waals surface area contributed by atoms with Crippen LogP contribution in [0.15, 0.2) is 59.1 Å². The number of carbonyl (C=O) groups excluding carboxylic acids is 2. The predicted octanol–water partition coefficient (Wildman–Crippen LogP) is 4.44. The molecule has 0 radical (unpaired) electrons. The van der Waals surface area contributed by atoms with Gasteiger partial charge in [-0.3, -0.25) is 4.79 Å². The van der Waals surface area contributed by atoms with Crippen molar-refractivity contribution < 1.29 is 14.1 Å². The lowest BCUT2D eigenvalue weighted by Gasteiger charge is -2.09. The predicted molar refractivity (Wildman–Crippen MR) is 104 cm³/mol. The third kappa shape index (κ3) is 4.52. The van der Waals surface area contributed by atoms with Crippen LogP contribution in [-0.2, 0) is 6.42 Å². The second kappa shape index (κ2) is 8.18. The normalized spacial score (nSPS) is 10.3. The van der Waals surface area contributed by atoms with Crippen molar-refractivity contribution in [2.24, 2.45) is 0 Å². The summed E-state index contributed by atoms with van der Waals surface area (Å²) in [4.78, 5) is 24.4. The molecule has 0 aliphatic heterocycles. The molecule has 3 aromatic rings. The molecule has 1 heterocycles. The summed E-state index contributed by atoms with van der Waals surface area (Å²) >= 11 is 0. The molecule has 0 spiro atoms. The van der Waals surface area contributed by atoms with Crippen LogP contribution < -0.4 is 16.0 Å². The zero-order valence-corrected chi connectivity index (χ0v) is 15.1. The number of hydrogen-bond acceptors (Lipinski definition) is 4. The van der Waals surface area contributed by atoms with E-state index >= 15 is 0 Å². The Hall–Kier alpha value is -3.61. The fourth-order valence-corrected chi connectivity index (χ4v) is 2.60. The van der Waals surface area contributed by atoms with Crippen LogP contribution >= 0.6 is 0 Å². The highest BCUT2D eigenvalue weighted by molar-refractivity contribution is 6.06. The van der Waals surface area contributed by atoms with E-state index in [2.05, 4.69) is 21.1 Å². The number of aromatic nitrogens is 1. The number of aryl methyl sites for hydroxylation is 2. The second-order valence-corrected chi connectivity index (χ2v) is 5.89. The number of urea groups is 1. The van der Waals surface area contributed by atoms with E-state index in [9.17, 15) is 9.59 Å². The van der Waals surface area contributed by atoms with Crippen LogP contribution in [0.5, 0.6) is 0 Å². The van der Waals surface area contributed by atoms with Crippen molar-refractivity contribution in [3.8, 4) is 0 Å². The molecule has 0 bridgehead atoms. The van der Waals surface area contributed by atoms with Crippen molar-refractivity contribution in [3.05, 3.63) is 71.6 Å². The third-order valence-electron chi connectivity index (χ3n) is 3.93. The average molecular weight is 364 g/mol. The molecule has 3 N–H and O–H groups in total. The van der Waals surface area contributed by atoms with E-state index in [0.29, 0.717) is 40.5 Å². The number of rotatable bonds is 5. The Bertz CT molecular complexity index is 934. The Morgan fingerprint density at radius 1 is 0.889 bits per heavy atom. The third-order valence-corrected chi connectivity index (χ3v) is 3.93. The molecule has 3 rings (SSSR count). The number of benzene rings is 2. The van der Waals surface area contributed by atoms with Crippen molar-refractivity contribution in [1.29, 1.82) is 0 Å². The number of carbonyl (C=O) groups is 2. The molecular formula is C20H20N4O3. The highest BCUT2D eigenvalue weighted by Gasteiger charge is 2.19. The topological polar surface area (TPSA) is 96.3 Å². The van der Waals surface area contributed by atoms with Gasteiger partial charge in [-0.05, 0) is 49.7 Å². The second-order valence-electron chi connectivity index (χ2n) is 5.89. The lowest BCUT2D eigenvalue weighted by molar-refractivity contribution is 0.102. The van der Waals surface area contributed by atoms with Crippen molar-refractivity contribution in [2.45, 2.75) is 20.3 Å². The minimum atomic E-state index is -0.342. The molecule has 2 aromatic carbocycles. The summed E-state index contributed by atoms with van der Waals surface area (Å²) in [5, 5.41) is 12.2. The largest absolute Gasteiger partial charge is 0.361 e. The first-order chi connectivity index (χ1) is 13.1. The van der Waals surface area contributed by atoms with Gasteiger partial charge in [0.05, 0.1) is 5.69 Å². The van der Waals surface area contributed by atoms with E-state index in [1.165, 1.54) is 0 Å². The summed E-state index contributed by atoms with van der Waals surface area (Å²) in [6.45, 7) is 3.62. The smallest absolute Gasteiger partial charge is 0.323 e. The Morgan fingerprint density at radius 3 is 2.04 bits per heavy atom. The summed E-state index contributed by atoms with van der Waals surface area (Å²) in [7, 11) is 0. The minimum Gasteiger partial charge on any atom is -0.361 e. The molecule has 27 heavy (non-hydrogen) atoms. The fraction of sp³-hybridized carbons (Fsp3) is 0.150. The number of amides is 3. The van der Waals surface area contributed by atoms with Gasteiger partial charge in [0.2, 0.25) is 0 Å². The summed E-state index contributed by atoms with van der Waals surface area (Å²) in [5.41, 5.74) is 3.01. The van der Waals surface area contributed by atoms with Crippen LogP contribution in [0.1, 0.15) is 28.7 Å². The van der Waals surface area contributed by atoms with E-state index in [4.69, 9.17) is 4.52 Å². The monoisotopic (exact) mass is 364 g/mol. The number of para-hydroxylation sites is 1. The first-order valence-electron chi connectivity index (χ1n) is 8.56. The van der Waals surface area contributed by atoms with E-state index in [1.54, 1.807) is 43.3 Å². The number of nitrogens with one attached hydrogen (secondary N) is 3. The first-order valence-corrected chi connectivity index (χ1v) is 8.56. The van der Waals surface area contributed by atoms with Gasteiger partial charge in [0.25, 0.3) is 5.91 Å². The van der Waals surface area contributed by atoms with Crippen LogP contribution in [-0.4, -0.2) is 17.1 Å². The summed E-state index contributed by atoms with van der Waals surface area (Å²) < 4.78 is 5.09. The number of hydrogen-bond donors (Lipinski definition) is 3. The number of anilines is 3. The van der Waals surface area contributed by atoms with E-state index in [1.807, 2.05) is 25.1 Å². The maximum atomic E-state index is 12.5. The highest BCUT2D eigenvalue weighted by atomic mass is 16.5. The summed E-state index contributed by atoms with van der Waals surface area (Å²) in [6, 6.07) is 15.7. The van der Waals surface area contributed by atoms with E-state index in [-0.39, 0.29) is 11.9 Å². The molecule has 1 aromatic heterocycles. The molecule has 0 unspecified atom stereocenters. The average Bonchev–Trinajstić information content (AvgIpc) is 3.05. The van der Waals surface area contributed by atoms with Gasteiger partial charge < -0.3 is 20.5 Å². The molecule has 7 heteroatoms. The van der Waals surface area contributed by atoms with Crippen molar-refractivity contribution in [3.63, 3.8) is 0 Å². The van der Waals surface area contributed by atoms with Crippen LogP contribution in [0.4, 0.5) is 21.9 Å². The zero-order chi connectivity index (χ0) is 19.2. The van der Waals surface area contributed by atoms with E-state index < -0.39 is 0 Å². The number of nitrogens with zero attached hydrogens (tertiary/aromatic N) is 1. The van der Waals surface area contributed by atoms with Gasteiger partial charge >= 0.3 is 6.03 Å². The molecule has 0 atom stereocenters. The minimum absolute atomic E-state index is 0.270. The lowest BCUT2D eigenvalue weighted by Crippen LogP contribution is -2.19. The Labute approximate surface area is 156 Å². The lowest BCUT2D eigenvalue weighted by atomic mass is 10.1. The van der Waals surface area contributed by atoms with Gasteiger partial charge in [-0.25, -0.2) is 4.79 Å². The maximum absolute atomic E-state index is 12.5. The molecule has 0 fully saturated rings. The van der Waals surface area contributed by atoms with Gasteiger partial charge in [0.15, 0.2) is 0 Å². The summed E-state index contributed by atoms with van der Waals surface area (Å²) in [6.07, 6.45) is 0.611. The van der Waals surface area contributed by atoms with Gasteiger partial charge in [-0.1, -0.05) is 30.3 Å². The van der Waals surface area contributed by atoms with Crippen molar-refractivity contribution in [1.82, 2.24) is 5.16 Å². The molecule has 7 nitrogen and oxygen atoms in total. The van der Waals surface area contributed by atoms with Gasteiger partial charge in [0, 0.05) is 17.1 Å². The molecule has 3 amide bonds. The molecular weight excluding hydrogens is 344 g/mol. The van der Waals surface area contributed by atoms with Crippen LogP contribution in [0.25, 0.3) is 0 Å². The van der Waals surface area contributed by atoms with Gasteiger partial charge in [-0.15, -0.1) is 0 Å². The maximum Gasteiger partial charge on any atom is 0.323 e. The van der Waals surface area contributed by atoms with Gasteiger partial charge in [0.1, 0.15) is 11.3 Å². The summed E-state index contributed by atoms with van der Waals surface area (Å²) in [5.74, 6) is 0.216. The van der Waals surface area contributed by atoms with Crippen LogP contribution in [0, 0.1) is 6.92 Å². The molecule has 0 saturated carbocycles. The van der Waals surface area contributed by atoms with Crippen LogP contribution in [0.3, 0.4) is 0 Å². The Balaban J connectivity index is 1.61.